The van der Waals surface area contributed by atoms with E-state index in [1.165, 1.54) is 12.1 Å². The van der Waals surface area contributed by atoms with Crippen molar-refractivity contribution in [2.24, 2.45) is 0 Å². The van der Waals surface area contributed by atoms with Gasteiger partial charge in [0.05, 0.1) is 16.5 Å². The molecule has 0 unspecified atom stereocenters. The molecule has 3 rings (SSSR count). The zero-order chi connectivity index (χ0) is 14.9. The zero-order valence-corrected chi connectivity index (χ0v) is 12.1. The molecule has 0 spiro atoms. The summed E-state index contributed by atoms with van der Waals surface area (Å²) < 4.78 is 13.4. The maximum absolute atomic E-state index is 13.4. The van der Waals surface area contributed by atoms with Crippen LogP contribution in [-0.4, -0.2) is 6.04 Å². The number of hydrogen-bond acceptors (Lipinski definition) is 2. The Hall–Kier alpha value is -2.05. The Morgan fingerprint density at radius 3 is 2.52 bits per heavy atom. The van der Waals surface area contributed by atoms with Crippen LogP contribution in [0.25, 0.3) is 0 Å². The van der Waals surface area contributed by atoms with E-state index in [-0.39, 0.29) is 11.1 Å². The van der Waals surface area contributed by atoms with E-state index in [9.17, 15) is 9.65 Å². The fourth-order valence-corrected chi connectivity index (χ4v) is 2.97. The van der Waals surface area contributed by atoms with Gasteiger partial charge in [-0.25, -0.2) is 4.39 Å². The smallest absolute Gasteiger partial charge is 0.143 e. The third-order valence-corrected chi connectivity index (χ3v) is 4.33. The third kappa shape index (κ3) is 2.59. The highest BCUT2D eigenvalue weighted by atomic mass is 35.5. The predicted octanol–water partition coefficient (Wildman–Crippen LogP) is 4.51. The van der Waals surface area contributed by atoms with E-state index in [0.29, 0.717) is 5.69 Å². The standard InChI is InChI=1S/C17H14ClFN2/c18-15-7-6-13(8-16(15)19)21-14-9-17(10-14,11-20)12-4-2-1-3-5-12/h1-8,14,21H,9-10H2. The quantitative estimate of drug-likeness (QED) is 0.905. The van der Waals surface area contributed by atoms with Crippen molar-refractivity contribution in [2.75, 3.05) is 5.32 Å². The van der Waals surface area contributed by atoms with Gasteiger partial charge in [0.1, 0.15) is 5.82 Å². The van der Waals surface area contributed by atoms with Crippen LogP contribution in [0.1, 0.15) is 18.4 Å². The topological polar surface area (TPSA) is 35.8 Å². The number of halogens is 2. The Morgan fingerprint density at radius 2 is 1.90 bits per heavy atom. The Kier molecular flexibility index (Phi) is 3.57. The highest BCUT2D eigenvalue weighted by Gasteiger charge is 2.46. The monoisotopic (exact) mass is 300 g/mol. The number of hydrogen-bond donors (Lipinski definition) is 1. The molecule has 2 nitrogen and oxygen atoms in total. The lowest BCUT2D eigenvalue weighted by Gasteiger charge is -2.43. The molecule has 2 aromatic carbocycles. The molecule has 0 bridgehead atoms. The van der Waals surface area contributed by atoms with Gasteiger partial charge in [-0.2, -0.15) is 5.26 Å². The molecule has 1 N–H and O–H groups in total. The van der Waals surface area contributed by atoms with Crippen LogP contribution in [-0.2, 0) is 5.41 Å². The van der Waals surface area contributed by atoms with Gasteiger partial charge in [0.25, 0.3) is 0 Å². The first kappa shape index (κ1) is 13.9. The fourth-order valence-electron chi connectivity index (χ4n) is 2.85. The largest absolute Gasteiger partial charge is 0.382 e. The number of nitriles is 1. The van der Waals surface area contributed by atoms with Crippen LogP contribution in [0.3, 0.4) is 0 Å². The minimum atomic E-state index is -0.435. The van der Waals surface area contributed by atoms with Crippen LogP contribution in [0.2, 0.25) is 5.02 Å². The van der Waals surface area contributed by atoms with E-state index >= 15 is 0 Å². The van der Waals surface area contributed by atoms with E-state index in [2.05, 4.69) is 11.4 Å². The Bertz CT molecular complexity index is 688. The molecule has 1 aliphatic carbocycles. The molecule has 1 saturated carbocycles. The van der Waals surface area contributed by atoms with E-state index in [1.54, 1.807) is 6.07 Å². The highest BCUT2D eigenvalue weighted by Crippen LogP contribution is 2.44. The van der Waals surface area contributed by atoms with Crippen molar-refractivity contribution in [3.63, 3.8) is 0 Å². The molecule has 0 atom stereocenters. The number of anilines is 1. The van der Waals surface area contributed by atoms with E-state index in [0.717, 1.165) is 18.4 Å². The number of benzene rings is 2. The summed E-state index contributed by atoms with van der Waals surface area (Å²) in [5, 5.41) is 12.9. The van der Waals surface area contributed by atoms with Gasteiger partial charge >= 0.3 is 0 Å². The van der Waals surface area contributed by atoms with Gasteiger partial charge in [0, 0.05) is 11.7 Å². The molecule has 1 aliphatic rings. The van der Waals surface area contributed by atoms with Gasteiger partial charge < -0.3 is 5.32 Å². The van der Waals surface area contributed by atoms with Crippen molar-refractivity contribution in [2.45, 2.75) is 24.3 Å². The first-order valence-electron chi connectivity index (χ1n) is 6.81. The van der Waals surface area contributed by atoms with Gasteiger partial charge in [0.2, 0.25) is 0 Å². The Labute approximate surface area is 128 Å². The van der Waals surface area contributed by atoms with Gasteiger partial charge in [-0.3, -0.25) is 0 Å². The van der Waals surface area contributed by atoms with Crippen molar-refractivity contribution >= 4 is 17.3 Å². The van der Waals surface area contributed by atoms with Crippen molar-refractivity contribution in [1.82, 2.24) is 0 Å². The predicted molar refractivity (Wildman–Crippen MR) is 81.8 cm³/mol. The van der Waals surface area contributed by atoms with E-state index in [1.807, 2.05) is 30.3 Å². The van der Waals surface area contributed by atoms with Gasteiger partial charge in [-0.1, -0.05) is 41.9 Å². The molecule has 21 heavy (non-hydrogen) atoms. The number of rotatable bonds is 3. The summed E-state index contributed by atoms with van der Waals surface area (Å²) in [6.45, 7) is 0. The average molecular weight is 301 g/mol. The first-order valence-corrected chi connectivity index (χ1v) is 7.19. The Morgan fingerprint density at radius 1 is 1.19 bits per heavy atom. The average Bonchev–Trinajstić information content (AvgIpc) is 2.47. The maximum atomic E-state index is 13.4. The maximum Gasteiger partial charge on any atom is 0.143 e. The molecule has 0 heterocycles. The molecule has 0 amide bonds. The van der Waals surface area contributed by atoms with E-state index in [4.69, 9.17) is 11.6 Å². The molecule has 1 fully saturated rings. The molecule has 0 aliphatic heterocycles. The second kappa shape index (κ2) is 5.38. The molecular formula is C17H14ClFN2. The summed E-state index contributed by atoms with van der Waals surface area (Å²) in [7, 11) is 0. The summed E-state index contributed by atoms with van der Waals surface area (Å²) >= 11 is 5.67. The lowest BCUT2D eigenvalue weighted by molar-refractivity contribution is 0.289. The second-order valence-corrected chi connectivity index (χ2v) is 5.85. The fraction of sp³-hybridized carbons (Fsp3) is 0.235. The van der Waals surface area contributed by atoms with Crippen molar-refractivity contribution in [1.29, 1.82) is 5.26 Å². The van der Waals surface area contributed by atoms with Gasteiger partial charge in [-0.05, 0) is 36.6 Å². The molecule has 2 aromatic rings. The van der Waals surface area contributed by atoms with Crippen LogP contribution >= 0.6 is 11.6 Å². The minimum absolute atomic E-state index is 0.116. The summed E-state index contributed by atoms with van der Waals surface area (Å²) in [4.78, 5) is 0. The number of nitrogens with zero attached hydrogens (tertiary/aromatic N) is 1. The molecule has 106 valence electrons. The molecular weight excluding hydrogens is 287 g/mol. The summed E-state index contributed by atoms with van der Waals surface area (Å²) in [5.74, 6) is -0.435. The molecule has 0 aromatic heterocycles. The lowest BCUT2D eigenvalue weighted by atomic mass is 9.62. The first-order chi connectivity index (χ1) is 10.1. The zero-order valence-electron chi connectivity index (χ0n) is 11.3. The van der Waals surface area contributed by atoms with Crippen molar-refractivity contribution in [3.05, 3.63) is 64.9 Å². The summed E-state index contributed by atoms with van der Waals surface area (Å²) in [6.07, 6.45) is 1.44. The van der Waals surface area contributed by atoms with Crippen LogP contribution < -0.4 is 5.32 Å². The van der Waals surface area contributed by atoms with Crippen LogP contribution in [0.4, 0.5) is 10.1 Å². The highest BCUT2D eigenvalue weighted by molar-refractivity contribution is 6.30. The van der Waals surface area contributed by atoms with Crippen molar-refractivity contribution in [3.8, 4) is 6.07 Å². The van der Waals surface area contributed by atoms with Crippen molar-refractivity contribution < 1.29 is 4.39 Å². The van der Waals surface area contributed by atoms with Crippen LogP contribution in [0.5, 0.6) is 0 Å². The molecule has 0 radical (unpaired) electrons. The Balaban J connectivity index is 1.70. The molecule has 4 heteroatoms. The normalized spacial score (nSPS) is 24.0. The van der Waals surface area contributed by atoms with Crippen LogP contribution in [0.15, 0.2) is 48.5 Å². The minimum Gasteiger partial charge on any atom is -0.382 e. The third-order valence-electron chi connectivity index (χ3n) is 4.02. The van der Waals surface area contributed by atoms with Gasteiger partial charge in [0.15, 0.2) is 0 Å². The molecule has 0 saturated heterocycles. The number of nitrogens with one attached hydrogen (secondary N) is 1. The SMILES string of the molecule is N#CC1(c2ccccc2)CC(Nc2ccc(Cl)c(F)c2)C1. The summed E-state index contributed by atoms with van der Waals surface area (Å²) in [6, 6.07) is 17.1. The van der Waals surface area contributed by atoms with E-state index < -0.39 is 11.2 Å². The second-order valence-electron chi connectivity index (χ2n) is 5.44. The van der Waals surface area contributed by atoms with Gasteiger partial charge in [-0.15, -0.1) is 0 Å². The van der Waals surface area contributed by atoms with Crippen LogP contribution in [0, 0.1) is 17.1 Å². The summed E-state index contributed by atoms with van der Waals surface area (Å²) in [5.41, 5.74) is 1.32. The lowest BCUT2D eigenvalue weighted by Crippen LogP contribution is -2.47.